The Morgan fingerprint density at radius 3 is 2.36 bits per heavy atom. The standard InChI is InChI=1S/C21H25N3O4/c1-27-19-13-17(7-8-18(19)28-15-20(22)25)21(26)24-11-9-23(10-12-24)14-16-5-3-2-4-6-16/h2-8,13H,9-12,14-15H2,1H3,(H2,22,25). The number of hydrogen-bond donors (Lipinski definition) is 1. The van der Waals surface area contributed by atoms with Crippen LogP contribution in [0.15, 0.2) is 48.5 Å². The van der Waals surface area contributed by atoms with E-state index in [0.29, 0.717) is 30.2 Å². The number of carbonyl (C=O) groups is 2. The molecule has 0 bridgehead atoms. The van der Waals surface area contributed by atoms with Crippen LogP contribution in [0.25, 0.3) is 0 Å². The van der Waals surface area contributed by atoms with E-state index in [9.17, 15) is 9.59 Å². The van der Waals surface area contributed by atoms with E-state index in [1.807, 2.05) is 23.1 Å². The van der Waals surface area contributed by atoms with Crippen molar-refractivity contribution in [3.63, 3.8) is 0 Å². The number of ether oxygens (including phenoxy) is 2. The Bertz CT molecular complexity index is 818. The van der Waals surface area contributed by atoms with Crippen molar-refractivity contribution in [3.05, 3.63) is 59.7 Å². The van der Waals surface area contributed by atoms with E-state index in [1.54, 1.807) is 18.2 Å². The van der Waals surface area contributed by atoms with Gasteiger partial charge in [-0.2, -0.15) is 0 Å². The molecule has 0 radical (unpaired) electrons. The predicted molar refractivity (Wildman–Crippen MR) is 105 cm³/mol. The molecule has 0 aromatic heterocycles. The normalized spacial score (nSPS) is 14.5. The maximum atomic E-state index is 12.8. The van der Waals surface area contributed by atoms with Crippen LogP contribution in [0.3, 0.4) is 0 Å². The molecule has 148 valence electrons. The molecular formula is C21H25N3O4. The molecule has 2 amide bonds. The lowest BCUT2D eigenvalue weighted by molar-refractivity contribution is -0.119. The topological polar surface area (TPSA) is 85.1 Å². The third kappa shape index (κ3) is 5.01. The van der Waals surface area contributed by atoms with Gasteiger partial charge in [-0.25, -0.2) is 0 Å². The van der Waals surface area contributed by atoms with Crippen molar-refractivity contribution in [3.8, 4) is 11.5 Å². The zero-order valence-corrected chi connectivity index (χ0v) is 16.0. The molecule has 0 atom stereocenters. The fraction of sp³-hybridized carbons (Fsp3) is 0.333. The summed E-state index contributed by atoms with van der Waals surface area (Å²) in [6.45, 7) is 3.66. The molecule has 0 aliphatic carbocycles. The smallest absolute Gasteiger partial charge is 0.255 e. The zero-order chi connectivity index (χ0) is 19.9. The van der Waals surface area contributed by atoms with E-state index in [2.05, 4.69) is 17.0 Å². The first kappa shape index (κ1) is 19.7. The summed E-state index contributed by atoms with van der Waals surface area (Å²) in [5.74, 6) is 0.162. The number of hydrogen-bond acceptors (Lipinski definition) is 5. The Morgan fingerprint density at radius 2 is 1.71 bits per heavy atom. The van der Waals surface area contributed by atoms with Crippen molar-refractivity contribution in [2.24, 2.45) is 5.73 Å². The average molecular weight is 383 g/mol. The summed E-state index contributed by atoms with van der Waals surface area (Å²) in [5.41, 5.74) is 6.90. The van der Waals surface area contributed by atoms with Crippen LogP contribution in [-0.2, 0) is 11.3 Å². The van der Waals surface area contributed by atoms with Crippen LogP contribution in [0.5, 0.6) is 11.5 Å². The molecule has 1 aliphatic heterocycles. The van der Waals surface area contributed by atoms with Gasteiger partial charge >= 0.3 is 0 Å². The lowest BCUT2D eigenvalue weighted by Gasteiger charge is -2.34. The molecule has 1 saturated heterocycles. The van der Waals surface area contributed by atoms with Gasteiger partial charge in [-0.1, -0.05) is 30.3 Å². The predicted octanol–water partition coefficient (Wildman–Crippen LogP) is 1.52. The minimum atomic E-state index is -0.574. The van der Waals surface area contributed by atoms with Gasteiger partial charge in [0, 0.05) is 38.3 Å². The summed E-state index contributed by atoms with van der Waals surface area (Å²) in [5, 5.41) is 0. The van der Waals surface area contributed by atoms with Gasteiger partial charge in [-0.15, -0.1) is 0 Å². The summed E-state index contributed by atoms with van der Waals surface area (Å²) in [6.07, 6.45) is 0. The number of nitrogens with two attached hydrogens (primary N) is 1. The second kappa shape index (κ2) is 9.23. The van der Waals surface area contributed by atoms with Gasteiger partial charge in [0.15, 0.2) is 18.1 Å². The first-order valence-corrected chi connectivity index (χ1v) is 9.21. The first-order valence-electron chi connectivity index (χ1n) is 9.21. The number of nitrogens with zero attached hydrogens (tertiary/aromatic N) is 2. The highest BCUT2D eigenvalue weighted by molar-refractivity contribution is 5.95. The number of rotatable bonds is 7. The van der Waals surface area contributed by atoms with Crippen LogP contribution in [0, 0.1) is 0 Å². The lowest BCUT2D eigenvalue weighted by Crippen LogP contribution is -2.48. The van der Waals surface area contributed by atoms with Crippen LogP contribution in [0.2, 0.25) is 0 Å². The number of amides is 2. The molecule has 0 unspecified atom stereocenters. The van der Waals surface area contributed by atoms with Gasteiger partial charge in [-0.3, -0.25) is 14.5 Å². The molecular weight excluding hydrogens is 358 g/mol. The molecule has 2 aromatic carbocycles. The van der Waals surface area contributed by atoms with Crippen LogP contribution >= 0.6 is 0 Å². The van der Waals surface area contributed by atoms with Crippen molar-refractivity contribution >= 4 is 11.8 Å². The van der Waals surface area contributed by atoms with E-state index in [0.717, 1.165) is 19.6 Å². The highest BCUT2D eigenvalue weighted by atomic mass is 16.5. The van der Waals surface area contributed by atoms with Gasteiger partial charge in [-0.05, 0) is 23.8 Å². The van der Waals surface area contributed by atoms with Gasteiger partial charge in [0.2, 0.25) is 0 Å². The minimum Gasteiger partial charge on any atom is -0.493 e. The molecule has 7 nitrogen and oxygen atoms in total. The fourth-order valence-corrected chi connectivity index (χ4v) is 3.20. The van der Waals surface area contributed by atoms with Crippen molar-refractivity contribution in [1.29, 1.82) is 0 Å². The number of primary amides is 1. The van der Waals surface area contributed by atoms with Crippen molar-refractivity contribution < 1.29 is 19.1 Å². The molecule has 2 aromatic rings. The number of carbonyl (C=O) groups excluding carboxylic acids is 2. The van der Waals surface area contributed by atoms with Crippen molar-refractivity contribution in [1.82, 2.24) is 9.80 Å². The van der Waals surface area contributed by atoms with Gasteiger partial charge in [0.1, 0.15) is 0 Å². The van der Waals surface area contributed by atoms with E-state index in [4.69, 9.17) is 15.2 Å². The summed E-state index contributed by atoms with van der Waals surface area (Å²) >= 11 is 0. The van der Waals surface area contributed by atoms with Crippen LogP contribution in [0.1, 0.15) is 15.9 Å². The molecule has 0 saturated carbocycles. The van der Waals surface area contributed by atoms with Gasteiger partial charge in [0.05, 0.1) is 7.11 Å². The summed E-state index contributed by atoms with van der Waals surface area (Å²) < 4.78 is 10.6. The molecule has 0 spiro atoms. The second-order valence-electron chi connectivity index (χ2n) is 6.67. The first-order chi connectivity index (χ1) is 13.6. The summed E-state index contributed by atoms with van der Waals surface area (Å²) in [7, 11) is 1.49. The Kier molecular flexibility index (Phi) is 6.49. The number of benzene rings is 2. The quantitative estimate of drug-likeness (QED) is 0.784. The zero-order valence-electron chi connectivity index (χ0n) is 16.0. The molecule has 7 heteroatoms. The minimum absolute atomic E-state index is 0.0425. The average Bonchev–Trinajstić information content (AvgIpc) is 2.73. The number of piperazine rings is 1. The van der Waals surface area contributed by atoms with Crippen molar-refractivity contribution in [2.45, 2.75) is 6.54 Å². The molecule has 28 heavy (non-hydrogen) atoms. The van der Waals surface area contributed by atoms with Gasteiger partial charge < -0.3 is 20.1 Å². The van der Waals surface area contributed by atoms with Crippen molar-refractivity contribution in [2.75, 3.05) is 39.9 Å². The molecule has 1 fully saturated rings. The van der Waals surface area contributed by atoms with E-state index in [1.165, 1.54) is 12.7 Å². The summed E-state index contributed by atoms with van der Waals surface area (Å²) in [4.78, 5) is 27.9. The van der Waals surface area contributed by atoms with E-state index < -0.39 is 5.91 Å². The van der Waals surface area contributed by atoms with Gasteiger partial charge in [0.25, 0.3) is 11.8 Å². The molecule has 2 N–H and O–H groups in total. The van der Waals surface area contributed by atoms with Crippen LogP contribution in [-0.4, -0.2) is 61.5 Å². The Morgan fingerprint density at radius 1 is 1.00 bits per heavy atom. The Labute approximate surface area is 164 Å². The Hall–Kier alpha value is -3.06. The highest BCUT2D eigenvalue weighted by Gasteiger charge is 2.23. The number of methoxy groups -OCH3 is 1. The summed E-state index contributed by atoms with van der Waals surface area (Å²) in [6, 6.07) is 15.3. The van der Waals surface area contributed by atoms with E-state index >= 15 is 0 Å². The maximum Gasteiger partial charge on any atom is 0.255 e. The fourth-order valence-electron chi connectivity index (χ4n) is 3.20. The third-order valence-electron chi connectivity index (χ3n) is 4.69. The SMILES string of the molecule is COc1cc(C(=O)N2CCN(Cc3ccccc3)CC2)ccc1OCC(N)=O. The Balaban J connectivity index is 1.59. The third-order valence-corrected chi connectivity index (χ3v) is 4.69. The molecule has 1 heterocycles. The van der Waals surface area contributed by atoms with Crippen LogP contribution in [0.4, 0.5) is 0 Å². The lowest BCUT2D eigenvalue weighted by atomic mass is 10.1. The molecule has 3 rings (SSSR count). The maximum absolute atomic E-state index is 12.8. The van der Waals surface area contributed by atoms with E-state index in [-0.39, 0.29) is 12.5 Å². The van der Waals surface area contributed by atoms with Crippen LogP contribution < -0.4 is 15.2 Å². The monoisotopic (exact) mass is 383 g/mol. The molecule has 1 aliphatic rings. The second-order valence-corrected chi connectivity index (χ2v) is 6.67. The highest BCUT2D eigenvalue weighted by Crippen LogP contribution is 2.28. The largest absolute Gasteiger partial charge is 0.493 e.